The van der Waals surface area contributed by atoms with Gasteiger partial charge in [-0.15, -0.1) is 0 Å². The van der Waals surface area contributed by atoms with Crippen LogP contribution in [0.1, 0.15) is 29.0 Å². The maximum atomic E-state index is 13.5. The number of amides is 1. The molecule has 26 heavy (non-hydrogen) atoms. The van der Waals surface area contributed by atoms with E-state index in [1.807, 2.05) is 6.07 Å². The van der Waals surface area contributed by atoms with Crippen molar-refractivity contribution in [3.8, 4) is 0 Å². The predicted octanol–water partition coefficient (Wildman–Crippen LogP) is 2.05. The minimum atomic E-state index is -0.247. The molecule has 0 atom stereocenters. The fourth-order valence-electron chi connectivity index (χ4n) is 2.86. The highest BCUT2D eigenvalue weighted by atomic mass is 19.1. The highest BCUT2D eigenvalue weighted by Crippen LogP contribution is 2.47. The van der Waals surface area contributed by atoms with Gasteiger partial charge in [0.15, 0.2) is 11.7 Å². The molecule has 1 aliphatic rings. The molecule has 6 nitrogen and oxygen atoms in total. The molecule has 0 radical (unpaired) electrons. The average Bonchev–Trinajstić information content (AvgIpc) is 3.24. The van der Waals surface area contributed by atoms with Gasteiger partial charge < -0.3 is 20.4 Å². The van der Waals surface area contributed by atoms with Crippen molar-refractivity contribution >= 4 is 11.9 Å². The van der Waals surface area contributed by atoms with Gasteiger partial charge in [0, 0.05) is 32.1 Å². The van der Waals surface area contributed by atoms with Crippen molar-refractivity contribution in [3.05, 3.63) is 59.8 Å². The molecule has 138 valence electrons. The van der Waals surface area contributed by atoms with Gasteiger partial charge in [-0.05, 0) is 42.7 Å². The third kappa shape index (κ3) is 4.41. The molecule has 7 heteroatoms. The number of halogens is 1. The number of rotatable bonds is 7. The molecule has 3 N–H and O–H groups in total. The van der Waals surface area contributed by atoms with Gasteiger partial charge in [-0.1, -0.05) is 12.1 Å². The van der Waals surface area contributed by atoms with Crippen LogP contribution in [0.25, 0.3) is 0 Å². The van der Waals surface area contributed by atoms with Gasteiger partial charge in [0.1, 0.15) is 5.82 Å². The first-order valence-corrected chi connectivity index (χ1v) is 8.65. The molecule has 0 spiro atoms. The van der Waals surface area contributed by atoms with E-state index in [0.717, 1.165) is 18.4 Å². The number of carbonyl (C=O) groups excluding carboxylic acids is 1. The lowest BCUT2D eigenvalue weighted by atomic mass is 9.96. The predicted molar refractivity (Wildman–Crippen MR) is 97.7 cm³/mol. The SMILES string of the molecule is CN=C(NCCNC(=O)c1ccco1)NCC1(c2cccc(F)c2)CC1. The van der Waals surface area contributed by atoms with E-state index in [9.17, 15) is 9.18 Å². The van der Waals surface area contributed by atoms with E-state index in [2.05, 4.69) is 20.9 Å². The second-order valence-corrected chi connectivity index (χ2v) is 6.38. The molecule has 1 aromatic heterocycles. The van der Waals surface area contributed by atoms with Crippen LogP contribution in [0.3, 0.4) is 0 Å². The number of nitrogens with one attached hydrogen (secondary N) is 3. The molecule has 0 unspecified atom stereocenters. The molecular formula is C19H23FN4O2. The molecule has 1 saturated carbocycles. The molecule has 0 aliphatic heterocycles. The number of furan rings is 1. The van der Waals surface area contributed by atoms with Crippen LogP contribution < -0.4 is 16.0 Å². The molecule has 1 fully saturated rings. The van der Waals surface area contributed by atoms with Gasteiger partial charge >= 0.3 is 0 Å². The summed E-state index contributed by atoms with van der Waals surface area (Å²) in [6.07, 6.45) is 3.52. The van der Waals surface area contributed by atoms with Crippen molar-refractivity contribution in [1.82, 2.24) is 16.0 Å². The molecule has 0 saturated heterocycles. The second-order valence-electron chi connectivity index (χ2n) is 6.38. The lowest BCUT2D eigenvalue weighted by molar-refractivity contribution is 0.0926. The molecule has 1 aromatic carbocycles. The Bertz CT molecular complexity index is 770. The number of nitrogens with zero attached hydrogens (tertiary/aromatic N) is 1. The Morgan fingerprint density at radius 2 is 2.00 bits per heavy atom. The maximum Gasteiger partial charge on any atom is 0.287 e. The molecule has 1 heterocycles. The standard InChI is InChI=1S/C19H23FN4O2/c1-21-18(23-10-9-22-17(25)16-6-3-11-26-16)24-13-19(7-8-19)14-4-2-5-15(20)12-14/h2-6,11-12H,7-10,13H2,1H3,(H,22,25)(H2,21,23,24). The number of benzene rings is 1. The molecular weight excluding hydrogens is 335 g/mol. The van der Waals surface area contributed by atoms with Crippen LogP contribution in [0.4, 0.5) is 4.39 Å². The molecule has 1 amide bonds. The maximum absolute atomic E-state index is 13.5. The number of carbonyl (C=O) groups is 1. The molecule has 2 aromatic rings. The molecule has 3 rings (SSSR count). The summed E-state index contributed by atoms with van der Waals surface area (Å²) < 4.78 is 18.5. The number of hydrogen-bond donors (Lipinski definition) is 3. The first-order valence-electron chi connectivity index (χ1n) is 8.65. The van der Waals surface area contributed by atoms with E-state index in [0.29, 0.717) is 31.4 Å². The first-order chi connectivity index (χ1) is 12.6. The van der Waals surface area contributed by atoms with Crippen LogP contribution in [0, 0.1) is 5.82 Å². The fraction of sp³-hybridized carbons (Fsp3) is 0.368. The summed E-state index contributed by atoms with van der Waals surface area (Å²) in [4.78, 5) is 15.9. The van der Waals surface area contributed by atoms with Crippen molar-refractivity contribution in [2.24, 2.45) is 4.99 Å². The van der Waals surface area contributed by atoms with Crippen LogP contribution in [-0.2, 0) is 5.41 Å². The Kier molecular flexibility index (Phi) is 5.55. The van der Waals surface area contributed by atoms with Gasteiger partial charge in [0.05, 0.1) is 6.26 Å². The Hall–Kier alpha value is -2.83. The van der Waals surface area contributed by atoms with Gasteiger partial charge in [0.2, 0.25) is 0 Å². The zero-order valence-electron chi connectivity index (χ0n) is 14.7. The third-order valence-electron chi connectivity index (χ3n) is 4.56. The lowest BCUT2D eigenvalue weighted by Gasteiger charge is -2.19. The summed E-state index contributed by atoms with van der Waals surface area (Å²) in [5.41, 5.74) is 0.999. The number of aliphatic imine (C=N–C) groups is 1. The average molecular weight is 358 g/mol. The normalized spacial score (nSPS) is 15.4. The zero-order valence-corrected chi connectivity index (χ0v) is 14.7. The Labute approximate surface area is 151 Å². The van der Waals surface area contributed by atoms with E-state index in [-0.39, 0.29) is 17.1 Å². The third-order valence-corrected chi connectivity index (χ3v) is 4.56. The Morgan fingerprint density at radius 3 is 2.65 bits per heavy atom. The summed E-state index contributed by atoms with van der Waals surface area (Å²) in [7, 11) is 1.69. The van der Waals surface area contributed by atoms with E-state index in [4.69, 9.17) is 4.42 Å². The van der Waals surface area contributed by atoms with Gasteiger partial charge in [-0.3, -0.25) is 9.79 Å². The van der Waals surface area contributed by atoms with Crippen molar-refractivity contribution in [2.75, 3.05) is 26.7 Å². The highest BCUT2D eigenvalue weighted by Gasteiger charge is 2.44. The van der Waals surface area contributed by atoms with Crippen molar-refractivity contribution < 1.29 is 13.6 Å². The van der Waals surface area contributed by atoms with E-state index in [1.165, 1.54) is 12.3 Å². The topological polar surface area (TPSA) is 78.7 Å². The monoisotopic (exact) mass is 358 g/mol. The van der Waals surface area contributed by atoms with Crippen LogP contribution in [0.2, 0.25) is 0 Å². The Morgan fingerprint density at radius 1 is 1.19 bits per heavy atom. The summed E-state index contributed by atoms with van der Waals surface area (Å²) in [5, 5.41) is 9.21. The summed E-state index contributed by atoms with van der Waals surface area (Å²) in [6.45, 7) is 1.66. The van der Waals surface area contributed by atoms with Crippen LogP contribution >= 0.6 is 0 Å². The molecule has 0 bridgehead atoms. The van der Waals surface area contributed by atoms with Crippen molar-refractivity contribution in [2.45, 2.75) is 18.3 Å². The van der Waals surface area contributed by atoms with E-state index in [1.54, 1.807) is 31.3 Å². The minimum absolute atomic E-state index is 0.0206. The minimum Gasteiger partial charge on any atom is -0.459 e. The van der Waals surface area contributed by atoms with Gasteiger partial charge in [-0.25, -0.2) is 4.39 Å². The zero-order chi connectivity index (χ0) is 18.4. The smallest absolute Gasteiger partial charge is 0.287 e. The van der Waals surface area contributed by atoms with Gasteiger partial charge in [0.25, 0.3) is 5.91 Å². The van der Waals surface area contributed by atoms with Crippen LogP contribution in [0.5, 0.6) is 0 Å². The van der Waals surface area contributed by atoms with E-state index < -0.39 is 0 Å². The van der Waals surface area contributed by atoms with Crippen LogP contribution in [-0.4, -0.2) is 38.5 Å². The largest absolute Gasteiger partial charge is 0.459 e. The van der Waals surface area contributed by atoms with Crippen molar-refractivity contribution in [1.29, 1.82) is 0 Å². The fourth-order valence-corrected chi connectivity index (χ4v) is 2.86. The summed E-state index contributed by atoms with van der Waals surface area (Å²) in [6, 6.07) is 10.1. The van der Waals surface area contributed by atoms with E-state index >= 15 is 0 Å². The quantitative estimate of drug-likeness (QED) is 0.402. The highest BCUT2D eigenvalue weighted by molar-refractivity contribution is 5.91. The second kappa shape index (κ2) is 8.03. The lowest BCUT2D eigenvalue weighted by Crippen LogP contribution is -2.44. The summed E-state index contributed by atoms with van der Waals surface area (Å²) >= 11 is 0. The summed E-state index contributed by atoms with van der Waals surface area (Å²) in [5.74, 6) is 0.490. The van der Waals surface area contributed by atoms with Gasteiger partial charge in [-0.2, -0.15) is 0 Å². The Balaban J connectivity index is 1.42. The first kappa shape index (κ1) is 18.0. The van der Waals surface area contributed by atoms with Crippen molar-refractivity contribution in [3.63, 3.8) is 0 Å². The number of guanidine groups is 1. The molecule has 1 aliphatic carbocycles. The van der Waals surface area contributed by atoms with Crippen LogP contribution in [0.15, 0.2) is 52.1 Å². The number of hydrogen-bond acceptors (Lipinski definition) is 3.